The van der Waals surface area contributed by atoms with Crippen molar-refractivity contribution in [3.63, 3.8) is 0 Å². The maximum atomic E-state index is 10.8. The van der Waals surface area contributed by atoms with Crippen molar-refractivity contribution < 1.29 is 9.90 Å². The number of nitriles is 1. The van der Waals surface area contributed by atoms with E-state index in [-0.39, 0.29) is 5.56 Å². The number of hydrogen-bond acceptors (Lipinski definition) is 3. The molecule has 0 radical (unpaired) electrons. The Morgan fingerprint density at radius 3 is 2.55 bits per heavy atom. The lowest BCUT2D eigenvalue weighted by molar-refractivity contribution is 0.0697. The van der Waals surface area contributed by atoms with E-state index in [9.17, 15) is 4.79 Å². The first kappa shape index (κ1) is 13.7. The highest BCUT2D eigenvalue weighted by atomic mass is 16.4. The van der Waals surface area contributed by atoms with Crippen molar-refractivity contribution in [2.45, 2.75) is 13.5 Å². The van der Waals surface area contributed by atoms with E-state index in [0.717, 1.165) is 16.9 Å². The SMILES string of the molecule is Cc1c(CNc2ccc(C(=O)O)cc2)cc(C#N)n1C. The van der Waals surface area contributed by atoms with E-state index < -0.39 is 5.97 Å². The van der Waals surface area contributed by atoms with Gasteiger partial charge in [0.25, 0.3) is 0 Å². The number of benzene rings is 1. The van der Waals surface area contributed by atoms with Gasteiger partial charge in [0.15, 0.2) is 0 Å². The van der Waals surface area contributed by atoms with Crippen LogP contribution in [0, 0.1) is 18.3 Å². The summed E-state index contributed by atoms with van der Waals surface area (Å²) in [4.78, 5) is 10.8. The van der Waals surface area contributed by atoms with E-state index in [1.807, 2.05) is 24.6 Å². The average molecular weight is 269 g/mol. The summed E-state index contributed by atoms with van der Waals surface area (Å²) in [6.07, 6.45) is 0. The molecule has 1 aromatic heterocycles. The minimum Gasteiger partial charge on any atom is -0.478 e. The Labute approximate surface area is 117 Å². The van der Waals surface area contributed by atoms with Gasteiger partial charge in [-0.15, -0.1) is 0 Å². The molecule has 0 aliphatic rings. The van der Waals surface area contributed by atoms with E-state index >= 15 is 0 Å². The highest BCUT2D eigenvalue weighted by molar-refractivity contribution is 5.87. The van der Waals surface area contributed by atoms with Crippen LogP contribution in [0.4, 0.5) is 5.69 Å². The first-order chi connectivity index (χ1) is 9.52. The Morgan fingerprint density at radius 2 is 2.05 bits per heavy atom. The van der Waals surface area contributed by atoms with E-state index in [1.54, 1.807) is 24.3 Å². The molecule has 20 heavy (non-hydrogen) atoms. The average Bonchev–Trinajstić information content (AvgIpc) is 2.73. The molecule has 0 aliphatic carbocycles. The molecule has 2 N–H and O–H groups in total. The Morgan fingerprint density at radius 1 is 1.40 bits per heavy atom. The highest BCUT2D eigenvalue weighted by Gasteiger charge is 2.08. The second-order valence-electron chi connectivity index (χ2n) is 4.55. The minimum atomic E-state index is -0.936. The third-order valence-corrected chi connectivity index (χ3v) is 3.37. The van der Waals surface area contributed by atoms with Crippen molar-refractivity contribution in [3.05, 3.63) is 52.8 Å². The fourth-order valence-corrected chi connectivity index (χ4v) is 1.98. The van der Waals surface area contributed by atoms with Gasteiger partial charge in [-0.1, -0.05) is 0 Å². The predicted molar refractivity (Wildman–Crippen MR) is 75.6 cm³/mol. The third kappa shape index (κ3) is 2.64. The van der Waals surface area contributed by atoms with Gasteiger partial charge in [-0.2, -0.15) is 5.26 Å². The zero-order valence-electron chi connectivity index (χ0n) is 11.3. The molecule has 0 saturated carbocycles. The number of carboxylic acid groups (broad SMARTS) is 1. The van der Waals surface area contributed by atoms with E-state index in [4.69, 9.17) is 10.4 Å². The number of carboxylic acids is 1. The number of nitrogens with zero attached hydrogens (tertiary/aromatic N) is 2. The fourth-order valence-electron chi connectivity index (χ4n) is 1.98. The van der Waals surface area contributed by atoms with Crippen molar-refractivity contribution in [1.82, 2.24) is 4.57 Å². The number of carbonyl (C=O) groups is 1. The zero-order valence-corrected chi connectivity index (χ0v) is 11.3. The molecule has 2 aromatic rings. The van der Waals surface area contributed by atoms with Crippen molar-refractivity contribution in [2.24, 2.45) is 7.05 Å². The monoisotopic (exact) mass is 269 g/mol. The van der Waals surface area contributed by atoms with Crippen molar-refractivity contribution in [1.29, 1.82) is 5.26 Å². The van der Waals surface area contributed by atoms with Crippen LogP contribution in [0.2, 0.25) is 0 Å². The molecule has 5 nitrogen and oxygen atoms in total. The molecule has 0 amide bonds. The van der Waals surface area contributed by atoms with Crippen LogP contribution in [0.1, 0.15) is 27.3 Å². The Hall–Kier alpha value is -2.74. The second-order valence-corrected chi connectivity index (χ2v) is 4.55. The van der Waals surface area contributed by atoms with Crippen LogP contribution in [-0.4, -0.2) is 15.6 Å². The molecule has 0 spiro atoms. The van der Waals surface area contributed by atoms with Gasteiger partial charge in [0.05, 0.1) is 5.56 Å². The molecule has 2 rings (SSSR count). The molecule has 0 fully saturated rings. The van der Waals surface area contributed by atoms with Gasteiger partial charge in [-0.05, 0) is 42.8 Å². The molecule has 0 atom stereocenters. The third-order valence-electron chi connectivity index (χ3n) is 3.37. The summed E-state index contributed by atoms with van der Waals surface area (Å²) in [5, 5.41) is 21.0. The molecule has 0 unspecified atom stereocenters. The van der Waals surface area contributed by atoms with Gasteiger partial charge in [-0.3, -0.25) is 0 Å². The molecule has 0 bridgehead atoms. The molecular weight excluding hydrogens is 254 g/mol. The molecule has 1 aromatic carbocycles. The summed E-state index contributed by atoms with van der Waals surface area (Å²) in [5.41, 5.74) is 3.82. The van der Waals surface area contributed by atoms with Crippen LogP contribution in [0.5, 0.6) is 0 Å². The van der Waals surface area contributed by atoms with Crippen LogP contribution in [0.3, 0.4) is 0 Å². The number of aromatic carboxylic acids is 1. The molecule has 102 valence electrons. The summed E-state index contributed by atoms with van der Waals surface area (Å²) < 4.78 is 1.85. The van der Waals surface area contributed by atoms with Gasteiger partial charge in [0, 0.05) is 25.0 Å². The van der Waals surface area contributed by atoms with Crippen molar-refractivity contribution in [3.8, 4) is 6.07 Å². The van der Waals surface area contributed by atoms with Crippen LogP contribution >= 0.6 is 0 Å². The smallest absolute Gasteiger partial charge is 0.335 e. The van der Waals surface area contributed by atoms with Crippen LogP contribution in [0.15, 0.2) is 30.3 Å². The number of hydrogen-bond donors (Lipinski definition) is 2. The standard InChI is InChI=1S/C15H15N3O2/c1-10-12(7-14(8-16)18(10)2)9-17-13-5-3-11(4-6-13)15(19)20/h3-7,17H,9H2,1-2H3,(H,19,20). The van der Waals surface area contributed by atoms with Gasteiger partial charge in [0.2, 0.25) is 0 Å². The maximum Gasteiger partial charge on any atom is 0.335 e. The number of rotatable bonds is 4. The fraction of sp³-hybridized carbons (Fsp3) is 0.200. The summed E-state index contributed by atoms with van der Waals surface area (Å²) in [6, 6.07) is 10.6. The quantitative estimate of drug-likeness (QED) is 0.894. The van der Waals surface area contributed by atoms with E-state index in [2.05, 4.69) is 11.4 Å². The predicted octanol–water partition coefficient (Wildman–Crippen LogP) is 2.52. The van der Waals surface area contributed by atoms with Crippen LogP contribution in [-0.2, 0) is 13.6 Å². The number of anilines is 1. The Kier molecular flexibility index (Phi) is 3.76. The summed E-state index contributed by atoms with van der Waals surface area (Å²) in [6.45, 7) is 2.55. The normalized spacial score (nSPS) is 10.1. The molecule has 1 heterocycles. The van der Waals surface area contributed by atoms with Gasteiger partial charge < -0.3 is 15.0 Å². The lowest BCUT2D eigenvalue weighted by Crippen LogP contribution is -2.02. The van der Waals surface area contributed by atoms with Crippen LogP contribution in [0.25, 0.3) is 0 Å². The minimum absolute atomic E-state index is 0.262. The van der Waals surface area contributed by atoms with Crippen molar-refractivity contribution >= 4 is 11.7 Å². The number of nitrogens with one attached hydrogen (secondary N) is 1. The molecule has 0 aliphatic heterocycles. The van der Waals surface area contributed by atoms with E-state index in [1.165, 1.54) is 0 Å². The Balaban J connectivity index is 2.09. The first-order valence-corrected chi connectivity index (χ1v) is 6.15. The highest BCUT2D eigenvalue weighted by Crippen LogP contribution is 2.16. The largest absolute Gasteiger partial charge is 0.478 e. The summed E-state index contributed by atoms with van der Waals surface area (Å²) in [5.74, 6) is -0.936. The summed E-state index contributed by atoms with van der Waals surface area (Å²) >= 11 is 0. The molecular formula is C15H15N3O2. The molecule has 5 heteroatoms. The van der Waals surface area contributed by atoms with Gasteiger partial charge in [-0.25, -0.2) is 4.79 Å². The van der Waals surface area contributed by atoms with Crippen molar-refractivity contribution in [2.75, 3.05) is 5.32 Å². The lowest BCUT2D eigenvalue weighted by atomic mass is 10.2. The maximum absolute atomic E-state index is 10.8. The van der Waals surface area contributed by atoms with E-state index in [0.29, 0.717) is 12.2 Å². The first-order valence-electron chi connectivity index (χ1n) is 6.15. The number of aromatic nitrogens is 1. The zero-order chi connectivity index (χ0) is 14.7. The second kappa shape index (κ2) is 5.49. The van der Waals surface area contributed by atoms with Gasteiger partial charge >= 0.3 is 5.97 Å². The lowest BCUT2D eigenvalue weighted by Gasteiger charge is -2.07. The summed E-state index contributed by atoms with van der Waals surface area (Å²) in [7, 11) is 1.86. The van der Waals surface area contributed by atoms with Crippen LogP contribution < -0.4 is 5.32 Å². The Bertz CT molecular complexity index is 678. The van der Waals surface area contributed by atoms with Gasteiger partial charge in [0.1, 0.15) is 11.8 Å². The topological polar surface area (TPSA) is 78.1 Å². The molecule has 0 saturated heterocycles.